The second-order valence-corrected chi connectivity index (χ2v) is 3.15. The predicted octanol–water partition coefficient (Wildman–Crippen LogP) is 0.747. The van der Waals surface area contributed by atoms with Crippen molar-refractivity contribution < 1.29 is 5.11 Å². The average molecular weight is 172 g/mol. The number of aliphatic hydroxyl groups is 1. The van der Waals surface area contributed by atoms with Crippen LogP contribution in [0.1, 0.15) is 6.92 Å². The summed E-state index contributed by atoms with van der Waals surface area (Å²) in [5.41, 5.74) is 5.40. The van der Waals surface area contributed by atoms with Crippen LogP contribution in [-0.4, -0.2) is 22.6 Å². The summed E-state index contributed by atoms with van der Waals surface area (Å²) in [6, 6.07) is 0. The van der Waals surface area contributed by atoms with Crippen molar-refractivity contribution in [1.29, 1.82) is 0 Å². The molecule has 0 aliphatic rings. The molecule has 0 rings (SSSR count). The van der Waals surface area contributed by atoms with Gasteiger partial charge in [0.15, 0.2) is 0 Å². The van der Waals surface area contributed by atoms with Crippen LogP contribution in [0.5, 0.6) is 0 Å². The fourth-order valence-electron chi connectivity index (χ4n) is 0.284. The van der Waals surface area contributed by atoms with E-state index in [1.54, 1.807) is 6.92 Å². The minimum absolute atomic E-state index is 0.0779. The molecular weight excluding hydrogens is 161 g/mol. The van der Waals surface area contributed by atoms with Gasteiger partial charge in [0.1, 0.15) is 5.00 Å². The summed E-state index contributed by atoms with van der Waals surface area (Å²) in [5.74, 6) is 0.284. The standard InChI is InChI=1S/C5H11Cl2NO/c1-4(2-6)5(7,8)3-9/h4,9H,2-3,8H2,1H3. The molecular formula is C5H11Cl2NO. The zero-order chi connectivity index (χ0) is 7.49. The Morgan fingerprint density at radius 1 is 1.78 bits per heavy atom. The first kappa shape index (κ1) is 9.50. The zero-order valence-electron chi connectivity index (χ0n) is 5.27. The van der Waals surface area contributed by atoms with Gasteiger partial charge in [0, 0.05) is 11.8 Å². The molecule has 0 fully saturated rings. The molecule has 0 aliphatic heterocycles. The highest BCUT2D eigenvalue weighted by Crippen LogP contribution is 2.19. The van der Waals surface area contributed by atoms with Crippen LogP contribution in [0, 0.1) is 5.92 Å². The molecule has 0 bridgehead atoms. The first-order chi connectivity index (χ1) is 4.04. The summed E-state index contributed by atoms with van der Waals surface area (Å²) >= 11 is 11.1. The van der Waals surface area contributed by atoms with E-state index in [1.165, 1.54) is 0 Å². The predicted molar refractivity (Wildman–Crippen MR) is 39.7 cm³/mol. The molecule has 2 nitrogen and oxygen atoms in total. The van der Waals surface area contributed by atoms with Crippen molar-refractivity contribution in [3.05, 3.63) is 0 Å². The van der Waals surface area contributed by atoms with Crippen molar-refractivity contribution in [3.8, 4) is 0 Å². The Labute approximate surface area is 64.9 Å². The van der Waals surface area contributed by atoms with E-state index >= 15 is 0 Å². The van der Waals surface area contributed by atoms with Gasteiger partial charge in [-0.15, -0.1) is 11.6 Å². The van der Waals surface area contributed by atoms with Gasteiger partial charge in [-0.25, -0.2) is 0 Å². The zero-order valence-corrected chi connectivity index (χ0v) is 6.78. The Morgan fingerprint density at radius 2 is 2.22 bits per heavy atom. The van der Waals surface area contributed by atoms with Gasteiger partial charge in [-0.3, -0.25) is 0 Å². The maximum Gasteiger partial charge on any atom is 0.118 e. The summed E-state index contributed by atoms with van der Waals surface area (Å²) in [6.07, 6.45) is 0. The number of nitrogens with two attached hydrogens (primary N) is 1. The number of hydrogen-bond donors (Lipinski definition) is 2. The van der Waals surface area contributed by atoms with Crippen molar-refractivity contribution in [3.63, 3.8) is 0 Å². The minimum atomic E-state index is -1.05. The van der Waals surface area contributed by atoms with Crippen LogP contribution in [0.2, 0.25) is 0 Å². The third-order valence-electron chi connectivity index (χ3n) is 1.29. The normalized spacial score (nSPS) is 21.0. The van der Waals surface area contributed by atoms with Crippen LogP contribution >= 0.6 is 23.2 Å². The lowest BCUT2D eigenvalue weighted by atomic mass is 10.1. The van der Waals surface area contributed by atoms with Gasteiger partial charge in [-0.05, 0) is 0 Å². The molecule has 4 heteroatoms. The summed E-state index contributed by atoms with van der Waals surface area (Å²) in [6.45, 7) is 1.54. The van der Waals surface area contributed by atoms with Crippen LogP contribution < -0.4 is 5.73 Å². The SMILES string of the molecule is CC(CCl)C(N)(Cl)CO. The molecule has 2 unspecified atom stereocenters. The molecule has 3 N–H and O–H groups in total. The van der Waals surface area contributed by atoms with E-state index in [4.69, 9.17) is 34.0 Å². The number of hydrogen-bond acceptors (Lipinski definition) is 2. The fraction of sp³-hybridized carbons (Fsp3) is 1.00. The van der Waals surface area contributed by atoms with Crippen molar-refractivity contribution in [1.82, 2.24) is 0 Å². The highest BCUT2D eigenvalue weighted by atomic mass is 35.5. The molecule has 0 aromatic carbocycles. The van der Waals surface area contributed by atoms with Crippen LogP contribution in [0.3, 0.4) is 0 Å². The molecule has 56 valence electrons. The van der Waals surface area contributed by atoms with E-state index in [1.807, 2.05) is 0 Å². The number of aliphatic hydroxyl groups excluding tert-OH is 1. The molecule has 0 radical (unpaired) electrons. The average Bonchev–Trinajstić information content (AvgIpc) is 1.86. The van der Waals surface area contributed by atoms with E-state index in [-0.39, 0.29) is 12.5 Å². The minimum Gasteiger partial charge on any atom is -0.393 e. The smallest absolute Gasteiger partial charge is 0.118 e. The van der Waals surface area contributed by atoms with Crippen LogP contribution in [0.4, 0.5) is 0 Å². The Kier molecular flexibility index (Phi) is 3.82. The highest BCUT2D eigenvalue weighted by Gasteiger charge is 2.27. The summed E-state index contributed by atoms with van der Waals surface area (Å²) < 4.78 is 0. The number of rotatable bonds is 3. The maximum absolute atomic E-state index is 8.58. The molecule has 9 heavy (non-hydrogen) atoms. The third-order valence-corrected chi connectivity index (χ3v) is 2.25. The first-order valence-electron chi connectivity index (χ1n) is 2.69. The quantitative estimate of drug-likeness (QED) is 0.487. The van der Waals surface area contributed by atoms with Crippen molar-refractivity contribution in [2.45, 2.75) is 11.9 Å². The van der Waals surface area contributed by atoms with E-state index in [0.29, 0.717) is 5.88 Å². The molecule has 0 saturated heterocycles. The van der Waals surface area contributed by atoms with Crippen molar-refractivity contribution >= 4 is 23.2 Å². The van der Waals surface area contributed by atoms with Crippen LogP contribution in [0.15, 0.2) is 0 Å². The molecule has 0 saturated carbocycles. The van der Waals surface area contributed by atoms with E-state index < -0.39 is 5.00 Å². The lowest BCUT2D eigenvalue weighted by Crippen LogP contribution is -2.44. The Bertz CT molecular complexity index is 87.0. The second-order valence-electron chi connectivity index (χ2n) is 2.14. The maximum atomic E-state index is 8.58. The van der Waals surface area contributed by atoms with E-state index in [0.717, 1.165) is 0 Å². The summed E-state index contributed by atoms with van der Waals surface area (Å²) in [4.78, 5) is -1.05. The molecule has 0 heterocycles. The third kappa shape index (κ3) is 2.72. The molecule has 0 spiro atoms. The summed E-state index contributed by atoms with van der Waals surface area (Å²) in [5, 5.41) is 8.58. The molecule has 2 atom stereocenters. The molecule has 0 aromatic heterocycles. The van der Waals surface area contributed by atoms with Gasteiger partial charge in [0.2, 0.25) is 0 Å². The van der Waals surface area contributed by atoms with Gasteiger partial charge in [0.25, 0.3) is 0 Å². The lowest BCUT2D eigenvalue weighted by Gasteiger charge is -2.24. The van der Waals surface area contributed by atoms with E-state index in [9.17, 15) is 0 Å². The summed E-state index contributed by atoms with van der Waals surface area (Å²) in [7, 11) is 0. The van der Waals surface area contributed by atoms with Gasteiger partial charge in [-0.1, -0.05) is 18.5 Å². The Morgan fingerprint density at radius 3 is 2.33 bits per heavy atom. The Hall–Kier alpha value is 0.500. The molecule has 0 amide bonds. The number of halogens is 2. The van der Waals surface area contributed by atoms with Crippen molar-refractivity contribution in [2.24, 2.45) is 11.7 Å². The monoisotopic (exact) mass is 171 g/mol. The largest absolute Gasteiger partial charge is 0.393 e. The topological polar surface area (TPSA) is 46.2 Å². The highest BCUT2D eigenvalue weighted by molar-refractivity contribution is 6.25. The molecule has 0 aliphatic carbocycles. The molecule has 0 aromatic rings. The van der Waals surface area contributed by atoms with Gasteiger partial charge < -0.3 is 10.8 Å². The van der Waals surface area contributed by atoms with Gasteiger partial charge in [0.05, 0.1) is 6.61 Å². The van der Waals surface area contributed by atoms with E-state index in [2.05, 4.69) is 0 Å². The number of alkyl halides is 2. The van der Waals surface area contributed by atoms with Gasteiger partial charge in [-0.2, -0.15) is 0 Å². The van der Waals surface area contributed by atoms with Crippen LogP contribution in [0.25, 0.3) is 0 Å². The Balaban J connectivity index is 3.80. The lowest BCUT2D eigenvalue weighted by molar-refractivity contribution is 0.215. The van der Waals surface area contributed by atoms with Crippen LogP contribution in [-0.2, 0) is 0 Å². The van der Waals surface area contributed by atoms with Gasteiger partial charge >= 0.3 is 0 Å². The first-order valence-corrected chi connectivity index (χ1v) is 3.60. The second kappa shape index (κ2) is 3.62. The van der Waals surface area contributed by atoms with Crippen molar-refractivity contribution in [2.75, 3.05) is 12.5 Å². The fourth-order valence-corrected chi connectivity index (χ4v) is 0.716.